The van der Waals surface area contributed by atoms with Crippen molar-refractivity contribution in [2.24, 2.45) is 0 Å². The minimum Gasteiger partial charge on any atom is -0.383 e. The predicted octanol–water partition coefficient (Wildman–Crippen LogP) is 4.73. The van der Waals surface area contributed by atoms with E-state index in [-0.39, 0.29) is 21.7 Å². The van der Waals surface area contributed by atoms with Gasteiger partial charge in [0.1, 0.15) is 11.6 Å². The first kappa shape index (κ1) is 17.6. The van der Waals surface area contributed by atoms with Crippen LogP contribution in [-0.2, 0) is 21.7 Å². The first-order chi connectivity index (χ1) is 8.24. The summed E-state index contributed by atoms with van der Waals surface area (Å²) in [6.07, 6.45) is 7.25. The summed E-state index contributed by atoms with van der Waals surface area (Å²) in [7, 11) is 0. The van der Waals surface area contributed by atoms with Gasteiger partial charge >= 0.3 is 0 Å². The van der Waals surface area contributed by atoms with Crippen LogP contribution in [0.4, 0.5) is 14.5 Å². The Bertz CT molecular complexity index is 332. The van der Waals surface area contributed by atoms with Gasteiger partial charge in [-0.05, 0) is 18.6 Å². The van der Waals surface area contributed by atoms with Crippen LogP contribution in [0.5, 0.6) is 0 Å². The second kappa shape index (κ2) is 10.5. The van der Waals surface area contributed by atoms with Crippen molar-refractivity contribution >= 4 is 5.69 Å². The molecule has 0 aliphatic carbocycles. The molecular weight excluding hydrogens is 268 g/mol. The maximum absolute atomic E-state index is 13.2. The number of rotatable bonds is 8. The molecule has 0 aliphatic heterocycles. The number of benzene rings is 1. The van der Waals surface area contributed by atoms with Crippen molar-refractivity contribution in [3.63, 3.8) is 0 Å². The molecule has 1 aromatic carbocycles. The van der Waals surface area contributed by atoms with Crippen LogP contribution in [0.15, 0.2) is 18.2 Å². The standard InChI is InChI=1S/C14H21F2N.Ti/c1-2-3-4-5-6-7-10-17-14-9-8-12(15)11-13(14)16;/h8-9,11,17H,2-7,10H2,1H3;. The molecule has 1 aromatic rings. The number of hydrogen-bond acceptors (Lipinski definition) is 1. The largest absolute Gasteiger partial charge is 0.383 e. The average Bonchev–Trinajstić information content (AvgIpc) is 2.30. The second-order valence-electron chi connectivity index (χ2n) is 4.32. The molecule has 0 saturated carbocycles. The zero-order valence-electron chi connectivity index (χ0n) is 10.9. The molecule has 0 bridgehead atoms. The number of halogens is 2. The zero-order valence-corrected chi connectivity index (χ0v) is 12.5. The summed E-state index contributed by atoms with van der Waals surface area (Å²) < 4.78 is 25.9. The van der Waals surface area contributed by atoms with Crippen molar-refractivity contribution < 1.29 is 30.5 Å². The fourth-order valence-corrected chi connectivity index (χ4v) is 1.76. The van der Waals surface area contributed by atoms with Crippen molar-refractivity contribution in [2.75, 3.05) is 11.9 Å². The molecule has 1 nitrogen and oxygen atoms in total. The Morgan fingerprint density at radius 3 is 2.33 bits per heavy atom. The van der Waals surface area contributed by atoms with E-state index in [1.807, 2.05) is 0 Å². The predicted molar refractivity (Wildman–Crippen MR) is 68.2 cm³/mol. The summed E-state index contributed by atoms with van der Waals surface area (Å²) in [5.41, 5.74) is 0.389. The SMILES string of the molecule is CCCCCCCCNc1ccc(F)cc1F.[Ti]. The van der Waals surface area contributed by atoms with Crippen LogP contribution in [0.3, 0.4) is 0 Å². The Morgan fingerprint density at radius 1 is 1.00 bits per heavy atom. The van der Waals surface area contributed by atoms with Gasteiger partial charge in [-0.15, -0.1) is 0 Å². The van der Waals surface area contributed by atoms with Crippen molar-refractivity contribution in [3.8, 4) is 0 Å². The number of hydrogen-bond donors (Lipinski definition) is 1. The summed E-state index contributed by atoms with van der Waals surface area (Å²) in [6, 6.07) is 3.62. The molecule has 0 aliphatic rings. The molecule has 0 amide bonds. The van der Waals surface area contributed by atoms with Gasteiger partial charge in [0.15, 0.2) is 0 Å². The molecule has 18 heavy (non-hydrogen) atoms. The molecule has 0 heterocycles. The van der Waals surface area contributed by atoms with Gasteiger partial charge in [0.05, 0.1) is 5.69 Å². The van der Waals surface area contributed by atoms with E-state index in [0.29, 0.717) is 5.69 Å². The minimum absolute atomic E-state index is 0. The van der Waals surface area contributed by atoms with Crippen molar-refractivity contribution in [3.05, 3.63) is 29.8 Å². The van der Waals surface area contributed by atoms with Gasteiger partial charge in [-0.2, -0.15) is 0 Å². The monoisotopic (exact) mass is 289 g/mol. The zero-order chi connectivity index (χ0) is 12.5. The van der Waals surface area contributed by atoms with Gasteiger partial charge in [0.25, 0.3) is 0 Å². The average molecular weight is 289 g/mol. The maximum atomic E-state index is 13.2. The Kier molecular flexibility index (Phi) is 10.3. The van der Waals surface area contributed by atoms with Crippen molar-refractivity contribution in [1.29, 1.82) is 0 Å². The molecule has 0 atom stereocenters. The molecule has 0 spiro atoms. The molecule has 0 fully saturated rings. The summed E-state index contributed by atoms with van der Waals surface area (Å²) in [5, 5.41) is 2.99. The van der Waals surface area contributed by atoms with Crippen LogP contribution >= 0.6 is 0 Å². The molecule has 1 rings (SSSR count). The van der Waals surface area contributed by atoms with Crippen LogP contribution in [0.1, 0.15) is 45.4 Å². The van der Waals surface area contributed by atoms with Gasteiger partial charge in [0.2, 0.25) is 0 Å². The van der Waals surface area contributed by atoms with Gasteiger partial charge in [-0.1, -0.05) is 39.0 Å². The number of unbranched alkanes of at least 4 members (excludes halogenated alkanes) is 5. The van der Waals surface area contributed by atoms with Crippen LogP contribution in [0.25, 0.3) is 0 Å². The van der Waals surface area contributed by atoms with Gasteiger partial charge in [-0.3, -0.25) is 0 Å². The summed E-state index contributed by atoms with van der Waals surface area (Å²) >= 11 is 0. The van der Waals surface area contributed by atoms with E-state index < -0.39 is 11.6 Å². The number of nitrogens with one attached hydrogen (secondary N) is 1. The van der Waals surface area contributed by atoms with E-state index >= 15 is 0 Å². The summed E-state index contributed by atoms with van der Waals surface area (Å²) in [4.78, 5) is 0. The fourth-order valence-electron chi connectivity index (χ4n) is 1.76. The van der Waals surface area contributed by atoms with Gasteiger partial charge < -0.3 is 5.32 Å². The summed E-state index contributed by atoms with van der Waals surface area (Å²) in [6.45, 7) is 2.94. The molecule has 1 N–H and O–H groups in total. The number of anilines is 1. The molecule has 0 aromatic heterocycles. The third-order valence-electron chi connectivity index (χ3n) is 2.78. The second-order valence-corrected chi connectivity index (χ2v) is 4.32. The van der Waals surface area contributed by atoms with Gasteiger partial charge in [-0.25, -0.2) is 8.78 Å². The van der Waals surface area contributed by atoms with Crippen LogP contribution in [0, 0.1) is 11.6 Å². The van der Waals surface area contributed by atoms with Gasteiger partial charge in [0, 0.05) is 34.3 Å². The van der Waals surface area contributed by atoms with E-state index in [4.69, 9.17) is 0 Å². The Labute approximate surface area is 123 Å². The van der Waals surface area contributed by atoms with E-state index in [9.17, 15) is 8.78 Å². The maximum Gasteiger partial charge on any atom is 0.149 e. The van der Waals surface area contributed by atoms with Crippen LogP contribution in [-0.4, -0.2) is 6.54 Å². The van der Waals surface area contributed by atoms with Crippen molar-refractivity contribution in [2.45, 2.75) is 45.4 Å². The Morgan fingerprint density at radius 2 is 1.67 bits per heavy atom. The van der Waals surface area contributed by atoms with E-state index in [2.05, 4.69) is 12.2 Å². The van der Waals surface area contributed by atoms with E-state index in [1.165, 1.54) is 37.8 Å². The molecular formula is C14H21F2NTi. The molecule has 100 valence electrons. The van der Waals surface area contributed by atoms with Crippen LogP contribution in [0.2, 0.25) is 0 Å². The summed E-state index contributed by atoms with van der Waals surface area (Å²) in [5.74, 6) is -1.05. The van der Waals surface area contributed by atoms with Crippen molar-refractivity contribution in [1.82, 2.24) is 0 Å². The first-order valence-electron chi connectivity index (χ1n) is 6.43. The molecule has 4 heteroatoms. The Balaban J connectivity index is 0.00000289. The molecule has 0 radical (unpaired) electrons. The van der Waals surface area contributed by atoms with Crippen LogP contribution < -0.4 is 5.32 Å². The quantitative estimate of drug-likeness (QED) is 0.538. The Hall–Kier alpha value is -0.406. The third kappa shape index (κ3) is 7.12. The fraction of sp³-hybridized carbons (Fsp3) is 0.571. The third-order valence-corrected chi connectivity index (χ3v) is 2.78. The minimum atomic E-state index is -0.535. The smallest absolute Gasteiger partial charge is 0.149 e. The molecule has 0 unspecified atom stereocenters. The first-order valence-corrected chi connectivity index (χ1v) is 6.43. The van der Waals surface area contributed by atoms with E-state index in [1.54, 1.807) is 0 Å². The normalized spacial score (nSPS) is 9.94. The topological polar surface area (TPSA) is 12.0 Å². The molecule has 0 saturated heterocycles. The van der Waals surface area contributed by atoms with E-state index in [0.717, 1.165) is 25.5 Å².